The predicted octanol–water partition coefficient (Wildman–Crippen LogP) is 0.165. The lowest BCUT2D eigenvalue weighted by molar-refractivity contribution is -0.130. The summed E-state index contributed by atoms with van der Waals surface area (Å²) < 4.78 is 5.44. The van der Waals surface area contributed by atoms with Gasteiger partial charge in [-0.3, -0.25) is 4.79 Å². The Morgan fingerprint density at radius 3 is 2.61 bits per heavy atom. The van der Waals surface area contributed by atoms with Crippen LogP contribution >= 0.6 is 0 Å². The molecule has 0 aromatic rings. The number of ether oxygens (including phenoxy) is 1. The average Bonchev–Trinajstić information content (AvgIpc) is 3.13. The first kappa shape index (κ1) is 15.4. The van der Waals surface area contributed by atoms with E-state index in [4.69, 9.17) is 4.74 Å². The van der Waals surface area contributed by atoms with Crippen molar-refractivity contribution >= 4 is 5.91 Å². The topological polar surface area (TPSA) is 44.8 Å². The summed E-state index contributed by atoms with van der Waals surface area (Å²) in [6.07, 6.45) is 2.35. The highest BCUT2D eigenvalue weighted by Crippen LogP contribution is 2.26. The van der Waals surface area contributed by atoms with E-state index in [9.17, 15) is 4.79 Å². The van der Waals surface area contributed by atoms with Gasteiger partial charge in [-0.15, -0.1) is 0 Å². The molecule has 5 nitrogen and oxygen atoms in total. The van der Waals surface area contributed by atoms with Crippen molar-refractivity contribution in [3.05, 3.63) is 0 Å². The largest absolute Gasteiger partial charge is 0.379 e. The molecule has 0 atom stereocenters. The fourth-order valence-corrected chi connectivity index (χ4v) is 1.81. The first-order valence-electron chi connectivity index (χ1n) is 6.87. The summed E-state index contributed by atoms with van der Waals surface area (Å²) in [6.45, 7) is 6.38. The van der Waals surface area contributed by atoms with Crippen LogP contribution in [0.3, 0.4) is 0 Å². The maximum absolute atomic E-state index is 11.8. The summed E-state index contributed by atoms with van der Waals surface area (Å²) in [5, 5.41) is 3.14. The first-order valence-corrected chi connectivity index (χ1v) is 6.87. The zero-order chi connectivity index (χ0) is 13.4. The van der Waals surface area contributed by atoms with E-state index >= 15 is 0 Å². The number of likely N-dealkylation sites (N-methyl/N-ethyl adjacent to an activating group) is 2. The second-order valence-electron chi connectivity index (χ2n) is 5.00. The summed E-state index contributed by atoms with van der Waals surface area (Å²) in [5.41, 5.74) is 0. The summed E-state index contributed by atoms with van der Waals surface area (Å²) in [6, 6.07) is 0.514. The standard InChI is InChI=1S/C13H27N3O2/c1-4-16(12-5-6-12)13(17)11-14-7-9-18-10-8-15(2)3/h12,14H,4-11H2,1-3H3. The maximum atomic E-state index is 11.8. The molecular formula is C13H27N3O2. The van der Waals surface area contributed by atoms with Crippen molar-refractivity contribution < 1.29 is 9.53 Å². The Morgan fingerprint density at radius 2 is 2.06 bits per heavy atom. The molecule has 1 N–H and O–H groups in total. The second-order valence-corrected chi connectivity index (χ2v) is 5.00. The van der Waals surface area contributed by atoms with Gasteiger partial charge in [0.1, 0.15) is 0 Å². The smallest absolute Gasteiger partial charge is 0.236 e. The second kappa shape index (κ2) is 8.45. The summed E-state index contributed by atoms with van der Waals surface area (Å²) in [5.74, 6) is 0.216. The molecule has 0 radical (unpaired) electrons. The van der Waals surface area contributed by atoms with Crippen LogP contribution in [-0.4, -0.2) is 75.2 Å². The SMILES string of the molecule is CCN(C(=O)CNCCOCCN(C)C)C1CC1. The van der Waals surface area contributed by atoms with Crippen molar-refractivity contribution in [1.29, 1.82) is 0 Å². The molecule has 0 unspecified atom stereocenters. The molecule has 1 aliphatic rings. The Bertz CT molecular complexity index is 242. The third-order valence-electron chi connectivity index (χ3n) is 3.03. The molecule has 0 bridgehead atoms. The highest BCUT2D eigenvalue weighted by Gasteiger charge is 2.30. The van der Waals surface area contributed by atoms with Gasteiger partial charge in [-0.2, -0.15) is 0 Å². The van der Waals surface area contributed by atoms with Crippen LogP contribution in [-0.2, 0) is 9.53 Å². The quantitative estimate of drug-likeness (QED) is 0.567. The van der Waals surface area contributed by atoms with Crippen LogP contribution in [0.1, 0.15) is 19.8 Å². The van der Waals surface area contributed by atoms with E-state index in [1.54, 1.807) is 0 Å². The Balaban J connectivity index is 1.95. The molecule has 1 saturated carbocycles. The Hall–Kier alpha value is -0.650. The van der Waals surface area contributed by atoms with E-state index in [2.05, 4.69) is 10.2 Å². The third-order valence-corrected chi connectivity index (χ3v) is 3.03. The fraction of sp³-hybridized carbons (Fsp3) is 0.923. The van der Waals surface area contributed by atoms with Crippen LogP contribution in [0.2, 0.25) is 0 Å². The van der Waals surface area contributed by atoms with Crippen molar-refractivity contribution in [2.24, 2.45) is 0 Å². The van der Waals surface area contributed by atoms with Gasteiger partial charge < -0.3 is 19.9 Å². The summed E-state index contributed by atoms with van der Waals surface area (Å²) >= 11 is 0. The van der Waals surface area contributed by atoms with E-state index in [0.29, 0.717) is 19.2 Å². The molecule has 0 saturated heterocycles. The molecule has 0 heterocycles. The van der Waals surface area contributed by atoms with Gasteiger partial charge in [-0.25, -0.2) is 0 Å². The number of nitrogens with one attached hydrogen (secondary N) is 1. The van der Waals surface area contributed by atoms with Crippen molar-refractivity contribution in [2.45, 2.75) is 25.8 Å². The molecular weight excluding hydrogens is 230 g/mol. The Labute approximate surface area is 110 Å². The van der Waals surface area contributed by atoms with Gasteiger partial charge >= 0.3 is 0 Å². The van der Waals surface area contributed by atoms with Crippen LogP contribution < -0.4 is 5.32 Å². The third kappa shape index (κ3) is 6.33. The average molecular weight is 257 g/mol. The van der Waals surface area contributed by atoms with E-state index in [-0.39, 0.29) is 5.91 Å². The molecule has 1 rings (SSSR count). The number of hydrogen-bond donors (Lipinski definition) is 1. The van der Waals surface area contributed by atoms with E-state index < -0.39 is 0 Å². The molecule has 1 amide bonds. The highest BCUT2D eigenvalue weighted by molar-refractivity contribution is 5.78. The molecule has 5 heteroatoms. The van der Waals surface area contributed by atoms with Gasteiger partial charge in [0.15, 0.2) is 0 Å². The molecule has 106 valence electrons. The Kier molecular flexibility index (Phi) is 7.23. The van der Waals surface area contributed by atoms with Gasteiger partial charge in [0.05, 0.1) is 19.8 Å². The number of amides is 1. The molecule has 18 heavy (non-hydrogen) atoms. The van der Waals surface area contributed by atoms with Gasteiger partial charge in [-0.05, 0) is 33.9 Å². The Morgan fingerprint density at radius 1 is 1.33 bits per heavy atom. The van der Waals surface area contributed by atoms with Crippen molar-refractivity contribution in [3.8, 4) is 0 Å². The molecule has 0 aromatic carbocycles. The maximum Gasteiger partial charge on any atom is 0.236 e. The minimum Gasteiger partial charge on any atom is -0.379 e. The van der Waals surface area contributed by atoms with Gasteiger partial charge in [0.25, 0.3) is 0 Å². The molecule has 1 aliphatic carbocycles. The van der Waals surface area contributed by atoms with Crippen LogP contribution in [0.25, 0.3) is 0 Å². The zero-order valence-corrected chi connectivity index (χ0v) is 11.9. The molecule has 0 aromatic heterocycles. The van der Waals surface area contributed by atoms with Gasteiger partial charge in [-0.1, -0.05) is 0 Å². The number of nitrogens with zero attached hydrogens (tertiary/aromatic N) is 2. The lowest BCUT2D eigenvalue weighted by atomic mass is 10.4. The normalized spacial score (nSPS) is 15.1. The summed E-state index contributed by atoms with van der Waals surface area (Å²) in [7, 11) is 4.05. The predicted molar refractivity (Wildman–Crippen MR) is 72.7 cm³/mol. The fourth-order valence-electron chi connectivity index (χ4n) is 1.81. The van der Waals surface area contributed by atoms with Gasteiger partial charge in [0.2, 0.25) is 5.91 Å². The van der Waals surface area contributed by atoms with E-state index in [1.807, 2.05) is 25.9 Å². The van der Waals surface area contributed by atoms with Crippen LogP contribution in [0.5, 0.6) is 0 Å². The van der Waals surface area contributed by atoms with Gasteiger partial charge in [0, 0.05) is 25.7 Å². The van der Waals surface area contributed by atoms with Crippen LogP contribution in [0.15, 0.2) is 0 Å². The monoisotopic (exact) mass is 257 g/mol. The van der Waals surface area contributed by atoms with Crippen LogP contribution in [0, 0.1) is 0 Å². The number of carbonyl (C=O) groups excluding carboxylic acids is 1. The molecule has 0 spiro atoms. The van der Waals surface area contributed by atoms with Crippen molar-refractivity contribution in [3.63, 3.8) is 0 Å². The first-order chi connectivity index (χ1) is 8.65. The number of carbonyl (C=O) groups is 1. The highest BCUT2D eigenvalue weighted by atomic mass is 16.5. The lowest BCUT2D eigenvalue weighted by Gasteiger charge is -2.20. The zero-order valence-electron chi connectivity index (χ0n) is 11.9. The lowest BCUT2D eigenvalue weighted by Crippen LogP contribution is -2.40. The minimum absolute atomic E-state index is 0.216. The van der Waals surface area contributed by atoms with E-state index in [1.165, 1.54) is 12.8 Å². The number of rotatable bonds is 10. The minimum atomic E-state index is 0.216. The van der Waals surface area contributed by atoms with Crippen molar-refractivity contribution in [2.75, 3.05) is 53.5 Å². The number of hydrogen-bond acceptors (Lipinski definition) is 4. The van der Waals surface area contributed by atoms with Crippen molar-refractivity contribution in [1.82, 2.24) is 15.1 Å². The molecule has 0 aliphatic heterocycles. The van der Waals surface area contributed by atoms with Crippen LogP contribution in [0.4, 0.5) is 0 Å². The summed E-state index contributed by atoms with van der Waals surface area (Å²) in [4.78, 5) is 15.9. The molecule has 1 fully saturated rings. The van der Waals surface area contributed by atoms with E-state index in [0.717, 1.165) is 26.2 Å².